The zero-order valence-corrected chi connectivity index (χ0v) is 15.5. The molecule has 0 saturated heterocycles. The van der Waals surface area contributed by atoms with Crippen molar-refractivity contribution in [2.75, 3.05) is 19.0 Å². The summed E-state index contributed by atoms with van der Waals surface area (Å²) in [7, 11) is 1.26. The maximum absolute atomic E-state index is 12.1. The van der Waals surface area contributed by atoms with E-state index in [1.54, 1.807) is 30.3 Å². The highest BCUT2D eigenvalue weighted by Gasteiger charge is 2.15. The van der Waals surface area contributed by atoms with Crippen molar-refractivity contribution in [3.05, 3.63) is 56.5 Å². The van der Waals surface area contributed by atoms with E-state index in [0.717, 1.165) is 0 Å². The van der Waals surface area contributed by atoms with Gasteiger partial charge in [-0.2, -0.15) is 0 Å². The van der Waals surface area contributed by atoms with Crippen molar-refractivity contribution in [1.29, 1.82) is 0 Å². The fourth-order valence-corrected chi connectivity index (χ4v) is 2.52. The van der Waals surface area contributed by atoms with Crippen LogP contribution in [-0.4, -0.2) is 25.6 Å². The lowest BCUT2D eigenvalue weighted by molar-refractivity contribution is -0.118. The van der Waals surface area contributed by atoms with Gasteiger partial charge in [0.25, 0.3) is 5.91 Å². The van der Waals surface area contributed by atoms with E-state index in [2.05, 4.69) is 21.2 Å². The molecule has 2 rings (SSSR count). The standard InChI is InChI=1S/C16H12BrCl2NO4/c1-23-16(22)11-6-9(17)2-5-13(11)20-15(21)8-24-14-7-10(18)3-4-12(14)19/h2-7H,8H2,1H3,(H,20,21). The molecule has 0 atom stereocenters. The lowest BCUT2D eigenvalue weighted by atomic mass is 10.2. The minimum atomic E-state index is -0.564. The van der Waals surface area contributed by atoms with Crippen molar-refractivity contribution < 1.29 is 19.1 Å². The van der Waals surface area contributed by atoms with E-state index in [9.17, 15) is 9.59 Å². The van der Waals surface area contributed by atoms with Crippen LogP contribution in [-0.2, 0) is 9.53 Å². The topological polar surface area (TPSA) is 64.6 Å². The normalized spacial score (nSPS) is 10.2. The van der Waals surface area contributed by atoms with Crippen LogP contribution < -0.4 is 10.1 Å². The molecule has 0 aliphatic rings. The largest absolute Gasteiger partial charge is 0.482 e. The number of halogens is 3. The van der Waals surface area contributed by atoms with E-state index in [4.69, 9.17) is 32.7 Å². The van der Waals surface area contributed by atoms with E-state index in [0.29, 0.717) is 26.0 Å². The van der Waals surface area contributed by atoms with Gasteiger partial charge in [-0.25, -0.2) is 4.79 Å². The van der Waals surface area contributed by atoms with Crippen molar-refractivity contribution in [2.24, 2.45) is 0 Å². The van der Waals surface area contributed by atoms with Gasteiger partial charge in [-0.05, 0) is 30.3 Å². The summed E-state index contributed by atoms with van der Waals surface area (Å²) in [4.78, 5) is 23.8. The summed E-state index contributed by atoms with van der Waals surface area (Å²) in [6.07, 6.45) is 0. The second kappa shape index (κ2) is 8.37. The van der Waals surface area contributed by atoms with Crippen LogP contribution in [0.3, 0.4) is 0 Å². The fourth-order valence-electron chi connectivity index (χ4n) is 1.82. The van der Waals surface area contributed by atoms with Crippen LogP contribution in [0.25, 0.3) is 0 Å². The number of anilines is 1. The third-order valence-corrected chi connectivity index (χ3v) is 3.95. The van der Waals surface area contributed by atoms with Gasteiger partial charge in [0.2, 0.25) is 0 Å². The molecule has 0 aliphatic carbocycles. The van der Waals surface area contributed by atoms with Gasteiger partial charge in [0, 0.05) is 15.6 Å². The molecule has 0 unspecified atom stereocenters. The van der Waals surface area contributed by atoms with Gasteiger partial charge in [-0.15, -0.1) is 0 Å². The number of carbonyl (C=O) groups is 2. The molecule has 0 fully saturated rings. The third kappa shape index (κ3) is 4.87. The van der Waals surface area contributed by atoms with E-state index in [1.807, 2.05) is 0 Å². The highest BCUT2D eigenvalue weighted by molar-refractivity contribution is 9.10. The predicted molar refractivity (Wildman–Crippen MR) is 96.1 cm³/mol. The molecule has 0 spiro atoms. The number of hydrogen-bond acceptors (Lipinski definition) is 4. The molecule has 0 radical (unpaired) electrons. The molecule has 2 aromatic rings. The fraction of sp³-hybridized carbons (Fsp3) is 0.125. The minimum Gasteiger partial charge on any atom is -0.482 e. The van der Waals surface area contributed by atoms with Crippen LogP contribution in [0.2, 0.25) is 10.0 Å². The number of nitrogens with one attached hydrogen (secondary N) is 1. The van der Waals surface area contributed by atoms with Crippen molar-refractivity contribution in [2.45, 2.75) is 0 Å². The second-order valence-electron chi connectivity index (χ2n) is 4.59. The Morgan fingerprint density at radius 2 is 1.92 bits per heavy atom. The highest BCUT2D eigenvalue weighted by Crippen LogP contribution is 2.28. The summed E-state index contributed by atoms with van der Waals surface area (Å²) < 4.78 is 10.7. The molecule has 0 aromatic heterocycles. The molecule has 5 nitrogen and oxygen atoms in total. The Bertz CT molecular complexity index is 783. The number of amides is 1. The molecule has 2 aromatic carbocycles. The molecular weight excluding hydrogens is 421 g/mol. The average Bonchev–Trinajstić information content (AvgIpc) is 2.56. The summed E-state index contributed by atoms with van der Waals surface area (Å²) in [6.45, 7) is -0.295. The van der Waals surface area contributed by atoms with Crippen molar-refractivity contribution in [1.82, 2.24) is 0 Å². The van der Waals surface area contributed by atoms with Crippen molar-refractivity contribution >= 4 is 56.7 Å². The highest BCUT2D eigenvalue weighted by atomic mass is 79.9. The molecule has 0 saturated carbocycles. The van der Waals surface area contributed by atoms with Gasteiger partial charge in [-0.3, -0.25) is 4.79 Å². The summed E-state index contributed by atoms with van der Waals surface area (Å²) in [5.74, 6) is -0.729. The maximum atomic E-state index is 12.1. The first kappa shape index (κ1) is 18.6. The Labute approximate surface area is 157 Å². The monoisotopic (exact) mass is 431 g/mol. The number of hydrogen-bond donors (Lipinski definition) is 1. The number of methoxy groups -OCH3 is 1. The Morgan fingerprint density at radius 3 is 2.62 bits per heavy atom. The molecule has 1 N–H and O–H groups in total. The summed E-state index contributed by atoms with van der Waals surface area (Å²) in [6, 6.07) is 9.52. The maximum Gasteiger partial charge on any atom is 0.340 e. The first-order valence-corrected chi connectivity index (χ1v) is 8.21. The van der Waals surface area contributed by atoms with Gasteiger partial charge in [-0.1, -0.05) is 39.1 Å². The van der Waals surface area contributed by atoms with Crippen molar-refractivity contribution in [3.63, 3.8) is 0 Å². The molecule has 24 heavy (non-hydrogen) atoms. The van der Waals surface area contributed by atoms with Gasteiger partial charge < -0.3 is 14.8 Å². The van der Waals surface area contributed by atoms with Gasteiger partial charge >= 0.3 is 5.97 Å². The van der Waals surface area contributed by atoms with Crippen LogP contribution in [0.1, 0.15) is 10.4 Å². The number of ether oxygens (including phenoxy) is 2. The van der Waals surface area contributed by atoms with Crippen LogP contribution in [0, 0.1) is 0 Å². The molecular formula is C16H12BrCl2NO4. The zero-order chi connectivity index (χ0) is 17.7. The molecule has 8 heteroatoms. The van der Waals surface area contributed by atoms with Crippen LogP contribution in [0.4, 0.5) is 5.69 Å². The summed E-state index contributed by atoms with van der Waals surface area (Å²) >= 11 is 15.1. The molecule has 126 valence electrons. The van der Waals surface area contributed by atoms with Crippen LogP contribution in [0.15, 0.2) is 40.9 Å². The Kier molecular flexibility index (Phi) is 6.48. The van der Waals surface area contributed by atoms with Crippen molar-refractivity contribution in [3.8, 4) is 5.75 Å². The van der Waals surface area contributed by atoms with Crippen LogP contribution in [0.5, 0.6) is 5.75 Å². The lowest BCUT2D eigenvalue weighted by Crippen LogP contribution is -2.22. The third-order valence-electron chi connectivity index (χ3n) is 2.91. The van der Waals surface area contributed by atoms with Gasteiger partial charge in [0.05, 0.1) is 23.4 Å². The Hall–Kier alpha value is -1.76. The smallest absolute Gasteiger partial charge is 0.340 e. The summed E-state index contributed by atoms with van der Waals surface area (Å²) in [5, 5.41) is 3.38. The Balaban J connectivity index is 2.07. The Morgan fingerprint density at radius 1 is 1.17 bits per heavy atom. The van der Waals surface area contributed by atoms with E-state index >= 15 is 0 Å². The van der Waals surface area contributed by atoms with Gasteiger partial charge in [0.1, 0.15) is 5.75 Å². The quantitative estimate of drug-likeness (QED) is 0.703. The summed E-state index contributed by atoms with van der Waals surface area (Å²) in [5.41, 5.74) is 0.539. The van der Waals surface area contributed by atoms with E-state index in [1.165, 1.54) is 13.2 Å². The molecule has 1 amide bonds. The molecule has 0 bridgehead atoms. The number of esters is 1. The predicted octanol–water partition coefficient (Wildman–Crippen LogP) is 4.56. The first-order chi connectivity index (χ1) is 11.4. The molecule has 0 heterocycles. The number of rotatable bonds is 5. The molecule has 0 aliphatic heterocycles. The van der Waals surface area contributed by atoms with E-state index < -0.39 is 11.9 Å². The number of carbonyl (C=O) groups excluding carboxylic acids is 2. The van der Waals surface area contributed by atoms with Crippen LogP contribution >= 0.6 is 39.1 Å². The van der Waals surface area contributed by atoms with E-state index in [-0.39, 0.29) is 12.2 Å². The zero-order valence-electron chi connectivity index (χ0n) is 12.4. The second-order valence-corrected chi connectivity index (χ2v) is 6.35. The number of benzene rings is 2. The minimum absolute atomic E-state index is 0.223. The first-order valence-electron chi connectivity index (χ1n) is 6.66. The lowest BCUT2D eigenvalue weighted by Gasteiger charge is -2.12. The van der Waals surface area contributed by atoms with Gasteiger partial charge in [0.15, 0.2) is 6.61 Å². The SMILES string of the molecule is COC(=O)c1cc(Br)ccc1NC(=O)COc1cc(Cl)ccc1Cl. The average molecular weight is 433 g/mol.